The highest BCUT2D eigenvalue weighted by Crippen LogP contribution is 2.36. The number of nitrogens with one attached hydrogen (secondary N) is 1. The van der Waals surface area contributed by atoms with Gasteiger partial charge in [0.2, 0.25) is 0 Å². The zero-order valence-corrected chi connectivity index (χ0v) is 11.9. The third-order valence-corrected chi connectivity index (χ3v) is 4.15. The Morgan fingerprint density at radius 1 is 1.55 bits per heavy atom. The van der Waals surface area contributed by atoms with Gasteiger partial charge in [-0.15, -0.1) is 0 Å². The molecule has 0 amide bonds. The predicted octanol–water partition coefficient (Wildman–Crippen LogP) is 2.88. The SMILES string of the molecule is CCNC(c1cnccc1C(F)(F)F)C1CSCCO1. The highest BCUT2D eigenvalue weighted by atomic mass is 32.2. The van der Waals surface area contributed by atoms with Crippen LogP contribution in [0.1, 0.15) is 24.1 Å². The molecule has 2 unspecified atom stereocenters. The highest BCUT2D eigenvalue weighted by molar-refractivity contribution is 7.99. The molecule has 7 heteroatoms. The number of rotatable bonds is 4. The van der Waals surface area contributed by atoms with Crippen molar-refractivity contribution >= 4 is 11.8 Å². The summed E-state index contributed by atoms with van der Waals surface area (Å²) >= 11 is 1.70. The Morgan fingerprint density at radius 3 is 2.95 bits per heavy atom. The van der Waals surface area contributed by atoms with Crippen molar-refractivity contribution in [2.45, 2.75) is 25.2 Å². The fourth-order valence-corrected chi connectivity index (χ4v) is 3.17. The third kappa shape index (κ3) is 3.65. The molecule has 2 atom stereocenters. The van der Waals surface area contributed by atoms with Crippen LogP contribution in [0.3, 0.4) is 0 Å². The highest BCUT2D eigenvalue weighted by Gasteiger charge is 2.37. The first-order valence-corrected chi connectivity index (χ1v) is 7.63. The predicted molar refractivity (Wildman–Crippen MR) is 72.7 cm³/mol. The van der Waals surface area contributed by atoms with E-state index < -0.39 is 17.8 Å². The van der Waals surface area contributed by atoms with Crippen LogP contribution in [0.4, 0.5) is 13.2 Å². The van der Waals surface area contributed by atoms with Crippen LogP contribution < -0.4 is 5.32 Å². The van der Waals surface area contributed by atoms with Crippen molar-refractivity contribution in [3.05, 3.63) is 29.6 Å². The van der Waals surface area contributed by atoms with Gasteiger partial charge in [-0.1, -0.05) is 6.92 Å². The van der Waals surface area contributed by atoms with Crippen LogP contribution in [-0.2, 0) is 10.9 Å². The van der Waals surface area contributed by atoms with Crippen LogP contribution in [0.25, 0.3) is 0 Å². The van der Waals surface area contributed by atoms with Crippen LogP contribution in [0.5, 0.6) is 0 Å². The number of nitrogens with zero attached hydrogens (tertiary/aromatic N) is 1. The van der Waals surface area contributed by atoms with Gasteiger partial charge in [0.15, 0.2) is 0 Å². The monoisotopic (exact) mass is 306 g/mol. The lowest BCUT2D eigenvalue weighted by molar-refractivity contribution is -0.138. The molecule has 1 fully saturated rings. The molecule has 1 N–H and O–H groups in total. The van der Waals surface area contributed by atoms with Crippen LogP contribution in [-0.4, -0.2) is 35.7 Å². The Labute approximate surface area is 120 Å². The summed E-state index contributed by atoms with van der Waals surface area (Å²) in [5, 5.41) is 3.10. The minimum atomic E-state index is -4.38. The molecule has 1 aliphatic heterocycles. The molecule has 0 aromatic carbocycles. The van der Waals surface area contributed by atoms with Crippen LogP contribution in [0.2, 0.25) is 0 Å². The number of thioether (sulfide) groups is 1. The van der Waals surface area contributed by atoms with Gasteiger partial charge < -0.3 is 10.1 Å². The summed E-state index contributed by atoms with van der Waals surface area (Å²) in [7, 11) is 0. The van der Waals surface area contributed by atoms with Crippen molar-refractivity contribution in [1.29, 1.82) is 0 Å². The van der Waals surface area contributed by atoms with Gasteiger partial charge in [0.25, 0.3) is 0 Å². The number of ether oxygens (including phenoxy) is 1. The molecular weight excluding hydrogens is 289 g/mol. The topological polar surface area (TPSA) is 34.2 Å². The fourth-order valence-electron chi connectivity index (χ4n) is 2.27. The largest absolute Gasteiger partial charge is 0.416 e. The standard InChI is InChI=1S/C13H17F3N2OS/c1-2-18-12(11-8-20-6-5-19-11)9-7-17-4-3-10(9)13(14,15)16/h3-4,7,11-12,18H,2,5-6,8H2,1H3. The molecule has 0 bridgehead atoms. The van der Waals surface area contributed by atoms with Gasteiger partial charge in [0.1, 0.15) is 0 Å². The maximum atomic E-state index is 13.1. The summed E-state index contributed by atoms with van der Waals surface area (Å²) in [6.45, 7) is 3.01. The molecule has 3 nitrogen and oxygen atoms in total. The first-order chi connectivity index (χ1) is 9.54. The van der Waals surface area contributed by atoms with Gasteiger partial charge >= 0.3 is 6.18 Å². The van der Waals surface area contributed by atoms with E-state index in [0.29, 0.717) is 18.9 Å². The second kappa shape index (κ2) is 6.78. The van der Waals surface area contributed by atoms with Crippen molar-refractivity contribution in [1.82, 2.24) is 10.3 Å². The van der Waals surface area contributed by atoms with Gasteiger partial charge in [-0.05, 0) is 12.6 Å². The van der Waals surface area contributed by atoms with E-state index >= 15 is 0 Å². The van der Waals surface area contributed by atoms with Crippen molar-refractivity contribution < 1.29 is 17.9 Å². The maximum Gasteiger partial charge on any atom is 0.416 e. The Kier molecular flexibility index (Phi) is 5.29. The molecule has 2 heterocycles. The van der Waals surface area contributed by atoms with Gasteiger partial charge in [-0.3, -0.25) is 4.98 Å². The molecule has 0 spiro atoms. The lowest BCUT2D eigenvalue weighted by atomic mass is 9.98. The molecule has 1 aromatic rings. The molecule has 1 saturated heterocycles. The van der Waals surface area contributed by atoms with Crippen molar-refractivity contribution in [3.63, 3.8) is 0 Å². The van der Waals surface area contributed by atoms with Gasteiger partial charge in [-0.25, -0.2) is 0 Å². The van der Waals surface area contributed by atoms with Gasteiger partial charge in [0.05, 0.1) is 24.3 Å². The van der Waals surface area contributed by atoms with Crippen LogP contribution in [0, 0.1) is 0 Å². The second-order valence-corrected chi connectivity index (χ2v) is 5.63. The zero-order valence-electron chi connectivity index (χ0n) is 11.1. The van der Waals surface area contributed by atoms with E-state index in [9.17, 15) is 13.2 Å². The van der Waals surface area contributed by atoms with E-state index in [1.807, 2.05) is 6.92 Å². The zero-order chi connectivity index (χ0) is 14.6. The molecule has 20 heavy (non-hydrogen) atoms. The van der Waals surface area contributed by atoms with E-state index in [1.165, 1.54) is 12.4 Å². The number of aromatic nitrogens is 1. The number of hydrogen-bond donors (Lipinski definition) is 1. The summed E-state index contributed by atoms with van der Waals surface area (Å²) in [5.74, 6) is 1.57. The fraction of sp³-hybridized carbons (Fsp3) is 0.615. The lowest BCUT2D eigenvalue weighted by Gasteiger charge is -2.32. The van der Waals surface area contributed by atoms with Crippen molar-refractivity contribution in [3.8, 4) is 0 Å². The summed E-state index contributed by atoms with van der Waals surface area (Å²) < 4.78 is 45.0. The summed E-state index contributed by atoms with van der Waals surface area (Å²) in [4.78, 5) is 3.85. The normalized spacial score (nSPS) is 21.7. The number of alkyl halides is 3. The molecule has 0 saturated carbocycles. The van der Waals surface area contributed by atoms with Crippen LogP contribution >= 0.6 is 11.8 Å². The minimum absolute atomic E-state index is 0.161. The van der Waals surface area contributed by atoms with Gasteiger partial charge in [-0.2, -0.15) is 24.9 Å². The summed E-state index contributed by atoms with van der Waals surface area (Å²) in [5.41, 5.74) is -0.480. The molecule has 0 radical (unpaired) electrons. The molecule has 112 valence electrons. The molecule has 2 rings (SSSR count). The number of likely N-dealkylation sites (N-methyl/N-ethyl adjacent to an activating group) is 1. The van der Waals surface area contributed by atoms with E-state index in [0.717, 1.165) is 11.8 Å². The Hall–Kier alpha value is -0.790. The lowest BCUT2D eigenvalue weighted by Crippen LogP contribution is -2.39. The first-order valence-electron chi connectivity index (χ1n) is 6.48. The average Bonchev–Trinajstić information content (AvgIpc) is 2.45. The van der Waals surface area contributed by atoms with Crippen LogP contribution in [0.15, 0.2) is 18.5 Å². The number of hydrogen-bond acceptors (Lipinski definition) is 4. The van der Waals surface area contributed by atoms with Gasteiger partial charge in [0, 0.05) is 29.5 Å². The number of pyridine rings is 1. The first kappa shape index (κ1) is 15.6. The average molecular weight is 306 g/mol. The van der Waals surface area contributed by atoms with E-state index in [2.05, 4.69) is 10.3 Å². The molecular formula is C13H17F3N2OS. The summed E-state index contributed by atoms with van der Waals surface area (Å²) in [6, 6.07) is 0.536. The quantitative estimate of drug-likeness (QED) is 0.927. The summed E-state index contributed by atoms with van der Waals surface area (Å²) in [6.07, 6.45) is -2.18. The molecule has 0 aliphatic carbocycles. The Balaban J connectivity index is 2.33. The number of halogens is 3. The third-order valence-electron chi connectivity index (χ3n) is 3.13. The minimum Gasteiger partial charge on any atom is -0.375 e. The Bertz CT molecular complexity index is 436. The van der Waals surface area contributed by atoms with E-state index in [4.69, 9.17) is 4.74 Å². The van der Waals surface area contributed by atoms with Crippen molar-refractivity contribution in [2.75, 3.05) is 24.7 Å². The maximum absolute atomic E-state index is 13.1. The molecule has 1 aromatic heterocycles. The molecule has 1 aliphatic rings. The van der Waals surface area contributed by atoms with E-state index in [1.54, 1.807) is 11.8 Å². The second-order valence-electron chi connectivity index (χ2n) is 4.48. The Morgan fingerprint density at radius 2 is 2.35 bits per heavy atom. The van der Waals surface area contributed by atoms with E-state index in [-0.39, 0.29) is 11.7 Å². The smallest absolute Gasteiger partial charge is 0.375 e. The van der Waals surface area contributed by atoms with Crippen molar-refractivity contribution in [2.24, 2.45) is 0 Å².